The van der Waals surface area contributed by atoms with Gasteiger partial charge in [0.15, 0.2) is 0 Å². The molecule has 0 bridgehead atoms. The first kappa shape index (κ1) is 11.7. The fraction of sp³-hybridized carbons (Fsp3) is 0.455. The number of halogens is 1. The normalized spacial score (nSPS) is 15.6. The molecule has 1 aromatic rings. The molecule has 78 valence electrons. The zero-order valence-electron chi connectivity index (χ0n) is 8.87. The highest BCUT2D eigenvalue weighted by molar-refractivity contribution is 9.10. The van der Waals surface area contributed by atoms with Gasteiger partial charge in [-0.05, 0) is 38.7 Å². The van der Waals surface area contributed by atoms with Gasteiger partial charge in [-0.1, -0.05) is 28.1 Å². The van der Waals surface area contributed by atoms with E-state index >= 15 is 0 Å². The van der Waals surface area contributed by atoms with Crippen molar-refractivity contribution in [3.8, 4) is 0 Å². The molecule has 2 unspecified atom stereocenters. The van der Waals surface area contributed by atoms with Crippen molar-refractivity contribution < 1.29 is 0 Å². The Bertz CT molecular complexity index is 289. The molecule has 0 saturated heterocycles. The van der Waals surface area contributed by atoms with Crippen LogP contribution in [-0.2, 0) is 0 Å². The molecule has 0 saturated carbocycles. The third-order valence-corrected chi connectivity index (χ3v) is 2.74. The van der Waals surface area contributed by atoms with E-state index in [1.165, 1.54) is 5.56 Å². The van der Waals surface area contributed by atoms with Gasteiger partial charge in [0.2, 0.25) is 0 Å². The molecule has 14 heavy (non-hydrogen) atoms. The number of nitrogens with two attached hydrogens (primary N) is 1. The molecule has 0 spiro atoms. The van der Waals surface area contributed by atoms with Crippen LogP contribution in [0.25, 0.3) is 0 Å². The Morgan fingerprint density at radius 3 is 2.43 bits per heavy atom. The van der Waals surface area contributed by atoms with Crippen molar-refractivity contribution in [1.82, 2.24) is 4.90 Å². The van der Waals surface area contributed by atoms with Gasteiger partial charge in [-0.2, -0.15) is 0 Å². The summed E-state index contributed by atoms with van der Waals surface area (Å²) in [6.45, 7) is 2.03. The minimum absolute atomic E-state index is 0.124. The molecule has 2 nitrogen and oxygen atoms in total. The number of hydrogen-bond acceptors (Lipinski definition) is 2. The minimum Gasteiger partial charge on any atom is -0.326 e. The van der Waals surface area contributed by atoms with Gasteiger partial charge in [0.25, 0.3) is 0 Å². The van der Waals surface area contributed by atoms with Crippen LogP contribution in [-0.4, -0.2) is 25.0 Å². The van der Waals surface area contributed by atoms with E-state index in [9.17, 15) is 0 Å². The first-order valence-electron chi connectivity index (χ1n) is 4.70. The number of rotatable bonds is 3. The van der Waals surface area contributed by atoms with Crippen LogP contribution in [0.1, 0.15) is 18.5 Å². The van der Waals surface area contributed by atoms with Gasteiger partial charge in [-0.15, -0.1) is 0 Å². The topological polar surface area (TPSA) is 29.3 Å². The van der Waals surface area contributed by atoms with E-state index in [0.717, 1.165) is 4.47 Å². The van der Waals surface area contributed by atoms with Gasteiger partial charge in [0, 0.05) is 16.6 Å². The van der Waals surface area contributed by atoms with Crippen LogP contribution in [0, 0.1) is 0 Å². The maximum absolute atomic E-state index is 5.96. The van der Waals surface area contributed by atoms with Crippen molar-refractivity contribution >= 4 is 15.9 Å². The average molecular weight is 257 g/mol. The number of nitrogens with zero attached hydrogens (tertiary/aromatic N) is 1. The second kappa shape index (κ2) is 4.91. The van der Waals surface area contributed by atoms with Crippen molar-refractivity contribution in [3.05, 3.63) is 34.3 Å². The second-order valence-electron chi connectivity index (χ2n) is 3.82. The summed E-state index contributed by atoms with van der Waals surface area (Å²) in [6, 6.07) is 8.69. The Balaban J connectivity index is 2.99. The lowest BCUT2D eigenvalue weighted by Gasteiger charge is -2.28. The first-order chi connectivity index (χ1) is 6.52. The molecule has 2 N–H and O–H groups in total. The summed E-state index contributed by atoms with van der Waals surface area (Å²) in [7, 11) is 4.10. The zero-order valence-corrected chi connectivity index (χ0v) is 10.5. The molecule has 0 heterocycles. The largest absolute Gasteiger partial charge is 0.326 e. The monoisotopic (exact) mass is 256 g/mol. The molecule has 0 amide bonds. The van der Waals surface area contributed by atoms with Crippen LogP contribution >= 0.6 is 15.9 Å². The third-order valence-electron chi connectivity index (χ3n) is 2.24. The Morgan fingerprint density at radius 1 is 1.36 bits per heavy atom. The van der Waals surface area contributed by atoms with Gasteiger partial charge < -0.3 is 10.6 Å². The zero-order chi connectivity index (χ0) is 10.7. The van der Waals surface area contributed by atoms with Crippen molar-refractivity contribution in [3.63, 3.8) is 0 Å². The first-order valence-corrected chi connectivity index (χ1v) is 5.49. The molecule has 0 aromatic heterocycles. The standard InChI is InChI=1S/C11H17BrN2/c1-8(13)11(14(2)3)9-5-4-6-10(12)7-9/h4-8,11H,13H2,1-3H3. The summed E-state index contributed by atoms with van der Waals surface area (Å²) in [5, 5.41) is 0. The number of hydrogen-bond donors (Lipinski definition) is 1. The highest BCUT2D eigenvalue weighted by atomic mass is 79.9. The quantitative estimate of drug-likeness (QED) is 0.900. The smallest absolute Gasteiger partial charge is 0.0491 e. The Hall–Kier alpha value is -0.380. The van der Waals surface area contributed by atoms with E-state index in [1.807, 2.05) is 19.1 Å². The summed E-state index contributed by atoms with van der Waals surface area (Å²) in [4.78, 5) is 2.15. The summed E-state index contributed by atoms with van der Waals surface area (Å²) < 4.78 is 1.10. The van der Waals surface area contributed by atoms with E-state index < -0.39 is 0 Å². The Labute approximate surface area is 94.2 Å². The fourth-order valence-corrected chi connectivity index (χ4v) is 2.18. The van der Waals surface area contributed by atoms with E-state index in [-0.39, 0.29) is 12.1 Å². The molecule has 2 atom stereocenters. The summed E-state index contributed by atoms with van der Waals surface area (Å²) in [5.41, 5.74) is 7.21. The van der Waals surface area contributed by atoms with E-state index in [4.69, 9.17) is 5.73 Å². The molecule has 0 aliphatic carbocycles. The van der Waals surface area contributed by atoms with Crippen LogP contribution in [0.2, 0.25) is 0 Å². The molecule has 0 aliphatic rings. The molecule has 0 radical (unpaired) electrons. The summed E-state index contributed by atoms with van der Waals surface area (Å²) >= 11 is 3.47. The van der Waals surface area contributed by atoms with Gasteiger partial charge in [0.05, 0.1) is 0 Å². The molecule has 1 aromatic carbocycles. The van der Waals surface area contributed by atoms with E-state index in [0.29, 0.717) is 0 Å². The van der Waals surface area contributed by atoms with Crippen LogP contribution in [0.15, 0.2) is 28.7 Å². The minimum atomic E-state index is 0.124. The maximum atomic E-state index is 5.96. The average Bonchev–Trinajstić information content (AvgIpc) is 2.02. The summed E-state index contributed by atoms with van der Waals surface area (Å²) in [5.74, 6) is 0. The Morgan fingerprint density at radius 2 is 2.00 bits per heavy atom. The molecule has 0 aliphatic heterocycles. The van der Waals surface area contributed by atoms with Crippen LogP contribution in [0.4, 0.5) is 0 Å². The maximum Gasteiger partial charge on any atom is 0.0491 e. The SMILES string of the molecule is CC(N)C(c1cccc(Br)c1)N(C)C. The van der Waals surface area contributed by atoms with Crippen LogP contribution < -0.4 is 5.73 Å². The fourth-order valence-electron chi connectivity index (χ4n) is 1.76. The highest BCUT2D eigenvalue weighted by Gasteiger charge is 2.18. The lowest BCUT2D eigenvalue weighted by Crippen LogP contribution is -2.35. The lowest BCUT2D eigenvalue weighted by molar-refractivity contribution is 0.266. The van der Waals surface area contributed by atoms with Gasteiger partial charge >= 0.3 is 0 Å². The summed E-state index contributed by atoms with van der Waals surface area (Å²) in [6.07, 6.45) is 0. The number of benzene rings is 1. The van der Waals surface area contributed by atoms with Gasteiger partial charge in [-0.25, -0.2) is 0 Å². The van der Waals surface area contributed by atoms with E-state index in [2.05, 4.69) is 47.1 Å². The van der Waals surface area contributed by atoms with Crippen molar-refractivity contribution in [1.29, 1.82) is 0 Å². The molecule has 1 rings (SSSR count). The van der Waals surface area contributed by atoms with Crippen molar-refractivity contribution in [2.45, 2.75) is 19.0 Å². The predicted octanol–water partition coefficient (Wildman–Crippen LogP) is 2.40. The molecular weight excluding hydrogens is 240 g/mol. The molecule has 0 fully saturated rings. The predicted molar refractivity (Wildman–Crippen MR) is 64.2 cm³/mol. The highest BCUT2D eigenvalue weighted by Crippen LogP contribution is 2.23. The van der Waals surface area contributed by atoms with Crippen LogP contribution in [0.5, 0.6) is 0 Å². The van der Waals surface area contributed by atoms with Crippen molar-refractivity contribution in [2.75, 3.05) is 14.1 Å². The Kier molecular flexibility index (Phi) is 4.11. The van der Waals surface area contributed by atoms with Gasteiger partial charge in [0.1, 0.15) is 0 Å². The molecule has 3 heteroatoms. The van der Waals surface area contributed by atoms with Crippen LogP contribution in [0.3, 0.4) is 0 Å². The van der Waals surface area contributed by atoms with Gasteiger partial charge in [-0.3, -0.25) is 0 Å². The van der Waals surface area contributed by atoms with Crippen molar-refractivity contribution in [2.24, 2.45) is 5.73 Å². The molecular formula is C11H17BrN2. The third kappa shape index (κ3) is 2.80. The number of likely N-dealkylation sites (N-methyl/N-ethyl adjacent to an activating group) is 1. The lowest BCUT2D eigenvalue weighted by atomic mass is 10.0. The second-order valence-corrected chi connectivity index (χ2v) is 4.74. The van der Waals surface area contributed by atoms with E-state index in [1.54, 1.807) is 0 Å².